The Hall–Kier alpha value is -0.460. The molecule has 2 N–H and O–H groups in total. The molecular weight excluding hydrogens is 301 g/mol. The van der Waals surface area contributed by atoms with Gasteiger partial charge in [-0.05, 0) is 42.2 Å². The minimum absolute atomic E-state index is 0.0731. The van der Waals surface area contributed by atoms with E-state index in [1.807, 2.05) is 14.0 Å². The predicted octanol–water partition coefficient (Wildman–Crippen LogP) is 2.13. The third kappa shape index (κ3) is 3.76. The first kappa shape index (κ1) is 15.6. The number of hydrogen-bond acceptors (Lipinski definition) is 3. The predicted molar refractivity (Wildman–Crippen MR) is 73.4 cm³/mol. The highest BCUT2D eigenvalue weighted by Crippen LogP contribution is 2.29. The number of alkyl halides is 1. The molecule has 104 valence electrons. The maximum absolute atomic E-state index is 14.8. The lowest BCUT2D eigenvalue weighted by Gasteiger charge is -2.24. The molecule has 0 spiro atoms. The van der Waals surface area contributed by atoms with E-state index in [2.05, 4.69) is 21.0 Å². The van der Waals surface area contributed by atoms with Crippen molar-refractivity contribution in [3.05, 3.63) is 15.9 Å². The maximum Gasteiger partial charge on any atom is 0.139 e. The number of nitrogens with zero attached hydrogens (tertiary/aromatic N) is 2. The lowest BCUT2D eigenvalue weighted by Crippen LogP contribution is -2.33. The highest BCUT2D eigenvalue weighted by molar-refractivity contribution is 9.10. The van der Waals surface area contributed by atoms with Gasteiger partial charge in [-0.25, -0.2) is 4.39 Å². The Balaban J connectivity index is 2.88. The second-order valence-electron chi connectivity index (χ2n) is 4.62. The highest BCUT2D eigenvalue weighted by Gasteiger charge is 2.32. The molecule has 0 fully saturated rings. The number of hydrogen-bond donors (Lipinski definition) is 1. The molecule has 0 saturated heterocycles. The van der Waals surface area contributed by atoms with Crippen LogP contribution in [0.25, 0.3) is 0 Å². The Bertz CT molecular complexity index is 397. The molecule has 0 bridgehead atoms. The van der Waals surface area contributed by atoms with Gasteiger partial charge in [-0.2, -0.15) is 5.10 Å². The second kappa shape index (κ2) is 6.63. The first-order chi connectivity index (χ1) is 8.43. The van der Waals surface area contributed by atoms with Crippen molar-refractivity contribution in [3.63, 3.8) is 0 Å². The van der Waals surface area contributed by atoms with Gasteiger partial charge >= 0.3 is 0 Å². The number of aromatic nitrogens is 2. The van der Waals surface area contributed by atoms with Crippen molar-refractivity contribution in [3.8, 4) is 0 Å². The Morgan fingerprint density at radius 3 is 2.67 bits per heavy atom. The Labute approximate surface area is 116 Å². The summed E-state index contributed by atoms with van der Waals surface area (Å²) in [5.74, 6) is 0. The van der Waals surface area contributed by atoms with Crippen LogP contribution in [-0.4, -0.2) is 35.7 Å². The van der Waals surface area contributed by atoms with Crippen LogP contribution in [0.3, 0.4) is 0 Å². The van der Waals surface area contributed by atoms with E-state index >= 15 is 0 Å². The molecule has 1 aromatic rings. The number of aryl methyl sites for hydroxylation is 2. The molecule has 6 heteroatoms. The number of ether oxygens (including phenoxy) is 1. The maximum atomic E-state index is 14.8. The Kier molecular flexibility index (Phi) is 5.75. The van der Waals surface area contributed by atoms with Crippen LogP contribution in [0.1, 0.15) is 24.2 Å². The molecule has 1 rings (SSSR count). The summed E-state index contributed by atoms with van der Waals surface area (Å²) in [5.41, 5.74) is 5.78. The molecule has 1 aromatic heterocycles. The van der Waals surface area contributed by atoms with Gasteiger partial charge in [0, 0.05) is 20.6 Å². The number of methoxy groups -OCH3 is 1. The van der Waals surface area contributed by atoms with Gasteiger partial charge in [0.25, 0.3) is 0 Å². The molecule has 4 nitrogen and oxygen atoms in total. The van der Waals surface area contributed by atoms with Gasteiger partial charge in [-0.1, -0.05) is 0 Å². The molecule has 0 aliphatic heterocycles. The quantitative estimate of drug-likeness (QED) is 0.837. The molecule has 1 unspecified atom stereocenters. The number of nitrogens with two attached hydrogens (primary N) is 1. The van der Waals surface area contributed by atoms with E-state index in [0.717, 1.165) is 15.9 Å². The average Bonchev–Trinajstić information content (AvgIpc) is 2.54. The summed E-state index contributed by atoms with van der Waals surface area (Å²) >= 11 is 3.46. The van der Waals surface area contributed by atoms with Crippen LogP contribution in [0.5, 0.6) is 0 Å². The number of rotatable bonds is 7. The fraction of sp³-hybridized carbons (Fsp3) is 0.750. The van der Waals surface area contributed by atoms with Crippen LogP contribution in [0.15, 0.2) is 4.47 Å². The molecule has 0 radical (unpaired) electrons. The van der Waals surface area contributed by atoms with Crippen LogP contribution in [0, 0.1) is 6.92 Å². The summed E-state index contributed by atoms with van der Waals surface area (Å²) in [4.78, 5) is 0. The molecular formula is C12H21BrFN3O. The topological polar surface area (TPSA) is 53.1 Å². The summed E-state index contributed by atoms with van der Waals surface area (Å²) < 4.78 is 22.4. The summed E-state index contributed by atoms with van der Waals surface area (Å²) in [6, 6.07) is 0. The van der Waals surface area contributed by atoms with Gasteiger partial charge in [0.2, 0.25) is 0 Å². The normalized spacial score (nSPS) is 14.8. The fourth-order valence-electron chi connectivity index (χ4n) is 2.06. The van der Waals surface area contributed by atoms with E-state index in [0.29, 0.717) is 19.4 Å². The van der Waals surface area contributed by atoms with Gasteiger partial charge in [0.15, 0.2) is 0 Å². The van der Waals surface area contributed by atoms with E-state index in [1.165, 1.54) is 7.11 Å². The van der Waals surface area contributed by atoms with Crippen molar-refractivity contribution in [2.75, 3.05) is 20.3 Å². The van der Waals surface area contributed by atoms with E-state index in [4.69, 9.17) is 10.5 Å². The van der Waals surface area contributed by atoms with Crippen LogP contribution < -0.4 is 5.73 Å². The molecule has 0 saturated carbocycles. The van der Waals surface area contributed by atoms with Crippen molar-refractivity contribution in [1.29, 1.82) is 0 Å². The lowest BCUT2D eigenvalue weighted by atomic mass is 9.94. The van der Waals surface area contributed by atoms with Gasteiger partial charge < -0.3 is 10.5 Å². The van der Waals surface area contributed by atoms with Gasteiger partial charge in [-0.3, -0.25) is 4.68 Å². The van der Waals surface area contributed by atoms with E-state index < -0.39 is 5.67 Å². The summed E-state index contributed by atoms with van der Waals surface area (Å²) in [7, 11) is 3.34. The van der Waals surface area contributed by atoms with E-state index in [9.17, 15) is 4.39 Å². The monoisotopic (exact) mass is 321 g/mol. The number of halogens is 2. The molecule has 1 atom stereocenters. The first-order valence-electron chi connectivity index (χ1n) is 5.99. The van der Waals surface area contributed by atoms with E-state index in [1.54, 1.807) is 4.68 Å². The fourth-order valence-corrected chi connectivity index (χ4v) is 2.54. The van der Waals surface area contributed by atoms with Crippen molar-refractivity contribution in [1.82, 2.24) is 9.78 Å². The van der Waals surface area contributed by atoms with Crippen molar-refractivity contribution in [2.24, 2.45) is 12.8 Å². The molecule has 18 heavy (non-hydrogen) atoms. The minimum Gasteiger partial charge on any atom is -0.381 e. The molecule has 0 amide bonds. The highest BCUT2D eigenvalue weighted by atomic mass is 79.9. The van der Waals surface area contributed by atoms with Crippen LogP contribution in [0.4, 0.5) is 4.39 Å². The van der Waals surface area contributed by atoms with Crippen LogP contribution in [0.2, 0.25) is 0 Å². The zero-order chi connectivity index (χ0) is 13.8. The third-order valence-electron chi connectivity index (χ3n) is 2.98. The van der Waals surface area contributed by atoms with Crippen molar-refractivity contribution in [2.45, 2.75) is 31.9 Å². The van der Waals surface area contributed by atoms with Gasteiger partial charge in [-0.15, -0.1) is 0 Å². The zero-order valence-electron chi connectivity index (χ0n) is 11.2. The minimum atomic E-state index is -1.39. The molecule has 0 aromatic carbocycles. The summed E-state index contributed by atoms with van der Waals surface area (Å²) in [6.07, 6.45) is 1.32. The van der Waals surface area contributed by atoms with Crippen LogP contribution >= 0.6 is 15.9 Å². The van der Waals surface area contributed by atoms with Crippen LogP contribution in [-0.2, 0) is 18.2 Å². The molecule has 0 aliphatic carbocycles. The van der Waals surface area contributed by atoms with Gasteiger partial charge in [0.05, 0.1) is 22.5 Å². The Morgan fingerprint density at radius 1 is 1.56 bits per heavy atom. The Morgan fingerprint density at radius 2 is 2.22 bits per heavy atom. The SMILES string of the molecule is COCC(F)(CCCN)Cc1c(Br)c(C)nn1C. The largest absolute Gasteiger partial charge is 0.381 e. The summed E-state index contributed by atoms with van der Waals surface area (Å²) in [5, 5.41) is 4.27. The van der Waals surface area contributed by atoms with Gasteiger partial charge in [0.1, 0.15) is 5.67 Å². The zero-order valence-corrected chi connectivity index (χ0v) is 12.8. The average molecular weight is 322 g/mol. The third-order valence-corrected chi connectivity index (χ3v) is 4.01. The smallest absolute Gasteiger partial charge is 0.139 e. The summed E-state index contributed by atoms with van der Waals surface area (Å²) in [6.45, 7) is 2.45. The second-order valence-corrected chi connectivity index (χ2v) is 5.42. The van der Waals surface area contributed by atoms with E-state index in [-0.39, 0.29) is 13.0 Å². The molecule has 1 heterocycles. The lowest BCUT2D eigenvalue weighted by molar-refractivity contribution is 0.0320. The van der Waals surface area contributed by atoms with Crippen molar-refractivity contribution >= 4 is 15.9 Å². The van der Waals surface area contributed by atoms with Crippen molar-refractivity contribution < 1.29 is 9.13 Å². The standard InChI is InChI=1S/C12H21BrFN3O/c1-9-11(13)10(17(2)16-9)7-12(14,8-18-3)5-4-6-15/h4-8,15H2,1-3H3. The molecule has 0 aliphatic rings. The first-order valence-corrected chi connectivity index (χ1v) is 6.78.